The Labute approximate surface area is 128 Å². The van der Waals surface area contributed by atoms with Gasteiger partial charge in [-0.15, -0.1) is 0 Å². The lowest BCUT2D eigenvalue weighted by Gasteiger charge is -2.35. The molecule has 3 aliphatic rings. The van der Waals surface area contributed by atoms with E-state index in [0.717, 1.165) is 11.8 Å². The van der Waals surface area contributed by atoms with E-state index in [1.807, 2.05) is 12.2 Å². The first-order valence-electron chi connectivity index (χ1n) is 8.68. The van der Waals surface area contributed by atoms with Crippen LogP contribution in [0.15, 0.2) is 35.5 Å². The predicted molar refractivity (Wildman–Crippen MR) is 89.5 cm³/mol. The minimum Gasteiger partial charge on any atom is -0.328 e. The van der Waals surface area contributed by atoms with Crippen LogP contribution in [0.1, 0.15) is 57.8 Å². The van der Waals surface area contributed by atoms with Gasteiger partial charge >= 0.3 is 0 Å². The number of hydrogen-bond acceptors (Lipinski definition) is 2. The maximum Gasteiger partial charge on any atom is 0.0540 e. The zero-order valence-electron chi connectivity index (χ0n) is 13.0. The highest BCUT2D eigenvalue weighted by molar-refractivity contribution is 6.03. The lowest BCUT2D eigenvalue weighted by Crippen LogP contribution is -2.29. The zero-order valence-corrected chi connectivity index (χ0v) is 13.0. The van der Waals surface area contributed by atoms with Crippen molar-refractivity contribution in [1.82, 2.24) is 0 Å². The molecule has 0 saturated heterocycles. The summed E-state index contributed by atoms with van der Waals surface area (Å²) in [7, 11) is 0. The predicted octanol–water partition coefficient (Wildman–Crippen LogP) is 4.53. The topological polar surface area (TPSA) is 49.9 Å². The number of nitrogens with one attached hydrogen (secondary N) is 1. The smallest absolute Gasteiger partial charge is 0.0540 e. The molecule has 0 aromatic heterocycles. The first-order chi connectivity index (χ1) is 10.2. The number of hydrogen-bond donors (Lipinski definition) is 2. The van der Waals surface area contributed by atoms with Crippen LogP contribution in [0.25, 0.3) is 0 Å². The molecule has 3 N–H and O–H groups in total. The molecule has 0 aromatic rings. The Morgan fingerprint density at radius 1 is 0.810 bits per heavy atom. The molecule has 2 heteroatoms. The van der Waals surface area contributed by atoms with E-state index in [4.69, 9.17) is 11.1 Å². The van der Waals surface area contributed by atoms with Gasteiger partial charge in [0.15, 0.2) is 0 Å². The van der Waals surface area contributed by atoms with E-state index < -0.39 is 0 Å². The molecule has 0 atom stereocenters. The maximum absolute atomic E-state index is 7.72. The fraction of sp³-hybridized carbons (Fsp3) is 0.632. The normalized spacial score (nSPS) is 30.7. The first kappa shape index (κ1) is 14.8. The van der Waals surface area contributed by atoms with E-state index >= 15 is 0 Å². The lowest BCUT2D eigenvalue weighted by atomic mass is 9.71. The third-order valence-electron chi connectivity index (χ3n) is 5.47. The monoisotopic (exact) mass is 284 g/mol. The van der Waals surface area contributed by atoms with Gasteiger partial charge in [0.25, 0.3) is 0 Å². The van der Waals surface area contributed by atoms with Crippen LogP contribution in [0.3, 0.4) is 0 Å². The van der Waals surface area contributed by atoms with E-state index in [1.54, 1.807) is 5.57 Å². The van der Waals surface area contributed by atoms with Gasteiger partial charge in [-0.2, -0.15) is 0 Å². The average Bonchev–Trinajstić information content (AvgIpc) is 2.52. The molecule has 0 amide bonds. The quantitative estimate of drug-likeness (QED) is 0.769. The van der Waals surface area contributed by atoms with Gasteiger partial charge in [0.2, 0.25) is 0 Å². The first-order valence-corrected chi connectivity index (χ1v) is 8.68. The van der Waals surface area contributed by atoms with Crippen LogP contribution in [0, 0.1) is 17.2 Å². The van der Waals surface area contributed by atoms with Gasteiger partial charge in [0.1, 0.15) is 0 Å². The third-order valence-corrected chi connectivity index (χ3v) is 5.47. The fourth-order valence-corrected chi connectivity index (χ4v) is 4.31. The van der Waals surface area contributed by atoms with Gasteiger partial charge in [0, 0.05) is 6.04 Å². The molecule has 2 nitrogen and oxygen atoms in total. The summed E-state index contributed by atoms with van der Waals surface area (Å²) in [4.78, 5) is 0. The molecule has 0 spiro atoms. The Morgan fingerprint density at radius 2 is 1.38 bits per heavy atom. The molecule has 0 aromatic carbocycles. The van der Waals surface area contributed by atoms with E-state index in [-0.39, 0.29) is 0 Å². The summed E-state index contributed by atoms with van der Waals surface area (Å²) in [6.07, 6.45) is 20.0. The molecule has 0 unspecified atom stereocenters. The summed E-state index contributed by atoms with van der Waals surface area (Å²) in [5.41, 5.74) is 9.82. The van der Waals surface area contributed by atoms with Crippen molar-refractivity contribution in [3.8, 4) is 0 Å². The molecule has 0 heterocycles. The molecule has 2 saturated carbocycles. The highest BCUT2D eigenvalue weighted by Gasteiger charge is 2.29. The van der Waals surface area contributed by atoms with Gasteiger partial charge in [-0.3, -0.25) is 0 Å². The second-order valence-corrected chi connectivity index (χ2v) is 6.98. The van der Waals surface area contributed by atoms with E-state index in [9.17, 15) is 0 Å². The van der Waals surface area contributed by atoms with Crippen molar-refractivity contribution in [3.05, 3.63) is 35.5 Å². The average molecular weight is 284 g/mol. The summed E-state index contributed by atoms with van der Waals surface area (Å²) in [5, 5.41) is 7.72. The minimum absolute atomic E-state index is 0.421. The number of allylic oxidation sites excluding steroid dienone is 6. The molecule has 3 rings (SSSR count). The Bertz CT molecular complexity index is 452. The summed E-state index contributed by atoms with van der Waals surface area (Å²) >= 11 is 0. The Kier molecular flexibility index (Phi) is 4.74. The van der Waals surface area contributed by atoms with Crippen LogP contribution in [0.5, 0.6) is 0 Å². The van der Waals surface area contributed by atoms with Gasteiger partial charge in [-0.05, 0) is 68.1 Å². The SMILES string of the molecule is N=C1C=CC(=C(C2CCCCC2)C2CCC(N)CC2)C=C1. The summed E-state index contributed by atoms with van der Waals surface area (Å²) in [6, 6.07) is 0.421. The van der Waals surface area contributed by atoms with Crippen molar-refractivity contribution >= 4 is 5.71 Å². The molecular formula is C19H28N2. The maximum atomic E-state index is 7.72. The second-order valence-electron chi connectivity index (χ2n) is 6.98. The second kappa shape index (κ2) is 6.74. The standard InChI is InChI=1S/C19H28N2/c20-17-10-6-15(7-11-17)19(14-4-2-1-3-5-14)16-8-12-18(21)13-9-16/h6-7,10-11,14,16,18,20H,1-5,8-9,12-13,21H2. The minimum atomic E-state index is 0.421. The van der Waals surface area contributed by atoms with Crippen LogP contribution in [-0.4, -0.2) is 11.8 Å². The van der Waals surface area contributed by atoms with Crippen molar-refractivity contribution in [3.63, 3.8) is 0 Å². The van der Waals surface area contributed by atoms with E-state index in [2.05, 4.69) is 12.2 Å². The van der Waals surface area contributed by atoms with Crippen molar-refractivity contribution < 1.29 is 0 Å². The van der Waals surface area contributed by atoms with Crippen molar-refractivity contribution in [2.75, 3.05) is 0 Å². The highest BCUT2D eigenvalue weighted by atomic mass is 14.6. The van der Waals surface area contributed by atoms with Crippen molar-refractivity contribution in [2.24, 2.45) is 17.6 Å². The van der Waals surface area contributed by atoms with Crippen LogP contribution in [-0.2, 0) is 0 Å². The summed E-state index contributed by atoms with van der Waals surface area (Å²) in [5.74, 6) is 1.50. The molecule has 2 fully saturated rings. The zero-order chi connectivity index (χ0) is 14.7. The van der Waals surface area contributed by atoms with Crippen LogP contribution < -0.4 is 5.73 Å². The molecule has 0 radical (unpaired) electrons. The van der Waals surface area contributed by atoms with Crippen LogP contribution in [0.4, 0.5) is 0 Å². The summed E-state index contributed by atoms with van der Waals surface area (Å²) in [6.45, 7) is 0. The van der Waals surface area contributed by atoms with Gasteiger partial charge in [0.05, 0.1) is 5.71 Å². The van der Waals surface area contributed by atoms with Crippen LogP contribution in [0.2, 0.25) is 0 Å². The van der Waals surface area contributed by atoms with Gasteiger partial charge < -0.3 is 11.1 Å². The Morgan fingerprint density at radius 3 is 2.00 bits per heavy atom. The van der Waals surface area contributed by atoms with Crippen molar-refractivity contribution in [2.45, 2.75) is 63.8 Å². The largest absolute Gasteiger partial charge is 0.328 e. The molecule has 21 heavy (non-hydrogen) atoms. The molecular weight excluding hydrogens is 256 g/mol. The van der Waals surface area contributed by atoms with E-state index in [1.165, 1.54) is 63.4 Å². The van der Waals surface area contributed by atoms with Crippen LogP contribution >= 0.6 is 0 Å². The third kappa shape index (κ3) is 3.55. The number of nitrogens with two attached hydrogens (primary N) is 1. The Balaban J connectivity index is 1.87. The molecule has 0 bridgehead atoms. The molecule has 3 aliphatic carbocycles. The lowest BCUT2D eigenvalue weighted by molar-refractivity contribution is 0.308. The highest BCUT2D eigenvalue weighted by Crippen LogP contribution is 2.41. The fourth-order valence-electron chi connectivity index (χ4n) is 4.31. The van der Waals surface area contributed by atoms with Gasteiger partial charge in [-0.25, -0.2) is 0 Å². The molecule has 114 valence electrons. The van der Waals surface area contributed by atoms with Gasteiger partial charge in [-0.1, -0.05) is 37.0 Å². The molecule has 0 aliphatic heterocycles. The van der Waals surface area contributed by atoms with Crippen molar-refractivity contribution in [1.29, 1.82) is 5.41 Å². The Hall–Kier alpha value is -1.15. The van der Waals surface area contributed by atoms with E-state index in [0.29, 0.717) is 11.8 Å². The number of rotatable bonds is 2. The summed E-state index contributed by atoms with van der Waals surface area (Å²) < 4.78 is 0.